The van der Waals surface area contributed by atoms with Gasteiger partial charge in [-0.15, -0.1) is 11.8 Å². The van der Waals surface area contributed by atoms with E-state index in [1.54, 1.807) is 0 Å². The number of aromatic nitrogens is 2. The predicted molar refractivity (Wildman–Crippen MR) is 60.4 cm³/mol. The fourth-order valence-electron chi connectivity index (χ4n) is 1.82. The van der Waals surface area contributed by atoms with E-state index in [1.807, 2.05) is 11.8 Å². The number of aryl methyl sites for hydroxylation is 2. The van der Waals surface area contributed by atoms with Crippen molar-refractivity contribution in [2.75, 3.05) is 12.3 Å². The van der Waals surface area contributed by atoms with Gasteiger partial charge in [0.15, 0.2) is 0 Å². The summed E-state index contributed by atoms with van der Waals surface area (Å²) >= 11 is 1.99. The fourth-order valence-corrected chi connectivity index (χ4v) is 3.18. The van der Waals surface area contributed by atoms with Crippen LogP contribution in [0.25, 0.3) is 0 Å². The van der Waals surface area contributed by atoms with Gasteiger partial charge < -0.3 is 5.32 Å². The first-order chi connectivity index (χ1) is 6.68. The highest BCUT2D eigenvalue weighted by Gasteiger charge is 2.23. The average Bonchev–Trinajstić information content (AvgIpc) is 2.49. The highest BCUT2D eigenvalue weighted by molar-refractivity contribution is 7.99. The van der Waals surface area contributed by atoms with Crippen LogP contribution in [0.1, 0.15) is 29.2 Å². The molecule has 2 rings (SSSR count). The molecule has 0 aromatic carbocycles. The first kappa shape index (κ1) is 10.1. The summed E-state index contributed by atoms with van der Waals surface area (Å²) < 4.78 is 0. The number of hydrogen-bond acceptors (Lipinski definition) is 3. The number of nitrogens with zero attached hydrogens (tertiary/aromatic N) is 1. The van der Waals surface area contributed by atoms with Crippen LogP contribution in [0, 0.1) is 19.8 Å². The molecule has 0 spiro atoms. The van der Waals surface area contributed by atoms with Crippen molar-refractivity contribution in [3.05, 3.63) is 17.0 Å². The maximum absolute atomic E-state index is 4.23. The normalized spacial score (nSPS) is 27.9. The largest absolute Gasteiger partial charge is 0.301 e. The minimum absolute atomic E-state index is 0.435. The number of thioether (sulfide) groups is 1. The van der Waals surface area contributed by atoms with Gasteiger partial charge in [-0.05, 0) is 32.1 Å². The molecule has 0 aliphatic carbocycles. The summed E-state index contributed by atoms with van der Waals surface area (Å²) in [6, 6.07) is 0. The summed E-state index contributed by atoms with van der Waals surface area (Å²) in [6.07, 6.45) is 0. The lowest BCUT2D eigenvalue weighted by Gasteiger charge is -2.27. The number of H-pyrrole nitrogens is 1. The first-order valence-corrected chi connectivity index (χ1v) is 6.10. The smallest absolute Gasteiger partial charge is 0.0825 e. The molecule has 4 heteroatoms. The van der Waals surface area contributed by atoms with Crippen molar-refractivity contribution in [2.24, 2.45) is 5.92 Å². The van der Waals surface area contributed by atoms with Gasteiger partial charge >= 0.3 is 0 Å². The van der Waals surface area contributed by atoms with Gasteiger partial charge in [0.25, 0.3) is 0 Å². The van der Waals surface area contributed by atoms with Crippen molar-refractivity contribution in [1.82, 2.24) is 15.5 Å². The minimum atomic E-state index is 0.435. The quantitative estimate of drug-likeness (QED) is 0.746. The number of rotatable bonds is 1. The first-order valence-electron chi connectivity index (χ1n) is 5.05. The van der Waals surface area contributed by atoms with Gasteiger partial charge in [0.1, 0.15) is 0 Å². The highest BCUT2D eigenvalue weighted by atomic mass is 32.2. The summed E-state index contributed by atoms with van der Waals surface area (Å²) in [4.78, 5) is 0. The molecule has 1 fully saturated rings. The Labute approximate surface area is 89.1 Å². The molecule has 2 unspecified atom stereocenters. The Morgan fingerprint density at radius 1 is 1.43 bits per heavy atom. The van der Waals surface area contributed by atoms with E-state index >= 15 is 0 Å². The van der Waals surface area contributed by atoms with E-state index in [0.717, 1.165) is 18.2 Å². The molecule has 2 heterocycles. The van der Waals surface area contributed by atoms with Crippen molar-refractivity contribution in [3.63, 3.8) is 0 Å². The van der Waals surface area contributed by atoms with E-state index in [-0.39, 0.29) is 0 Å². The van der Waals surface area contributed by atoms with E-state index < -0.39 is 0 Å². The van der Waals surface area contributed by atoms with Crippen molar-refractivity contribution < 1.29 is 0 Å². The van der Waals surface area contributed by atoms with Crippen LogP contribution in [-0.2, 0) is 0 Å². The molecule has 1 aliphatic rings. The third-order valence-electron chi connectivity index (χ3n) is 2.65. The topological polar surface area (TPSA) is 40.7 Å². The van der Waals surface area contributed by atoms with Gasteiger partial charge in [0.05, 0.1) is 11.1 Å². The summed E-state index contributed by atoms with van der Waals surface area (Å²) in [6.45, 7) is 7.56. The molecule has 0 bridgehead atoms. The van der Waals surface area contributed by atoms with Crippen LogP contribution in [0.3, 0.4) is 0 Å². The monoisotopic (exact) mass is 211 g/mol. The van der Waals surface area contributed by atoms with Crippen molar-refractivity contribution in [3.8, 4) is 0 Å². The molecule has 78 valence electrons. The highest BCUT2D eigenvalue weighted by Crippen LogP contribution is 2.33. The van der Waals surface area contributed by atoms with E-state index in [9.17, 15) is 0 Å². The Morgan fingerprint density at radius 3 is 2.71 bits per heavy atom. The van der Waals surface area contributed by atoms with E-state index in [4.69, 9.17) is 0 Å². The van der Waals surface area contributed by atoms with Gasteiger partial charge in [-0.1, -0.05) is 6.92 Å². The van der Waals surface area contributed by atoms with Crippen molar-refractivity contribution in [2.45, 2.75) is 26.1 Å². The predicted octanol–water partition coefficient (Wildman–Crippen LogP) is 2.00. The standard InChI is InChI=1S/C10H17N3S/c1-6-4-11-10(14-5-6)9-7(2)12-13-8(9)3/h6,10-11H,4-5H2,1-3H3,(H,12,13). The Bertz CT molecular complexity index is 294. The van der Waals surface area contributed by atoms with Crippen LogP contribution in [0.15, 0.2) is 0 Å². The number of nitrogens with one attached hydrogen (secondary N) is 2. The Balaban J connectivity index is 2.15. The third kappa shape index (κ3) is 1.81. The molecule has 1 saturated heterocycles. The van der Waals surface area contributed by atoms with Crippen molar-refractivity contribution in [1.29, 1.82) is 0 Å². The molecule has 14 heavy (non-hydrogen) atoms. The second-order valence-electron chi connectivity index (χ2n) is 4.07. The number of aromatic amines is 1. The summed E-state index contributed by atoms with van der Waals surface area (Å²) in [5, 5.41) is 11.3. The lowest BCUT2D eigenvalue weighted by molar-refractivity contribution is 0.528. The van der Waals surface area contributed by atoms with Crippen LogP contribution in [0.4, 0.5) is 0 Å². The van der Waals surface area contributed by atoms with Crippen LogP contribution in [0.5, 0.6) is 0 Å². The molecular formula is C10H17N3S. The Hall–Kier alpha value is -0.480. The lowest BCUT2D eigenvalue weighted by atomic mass is 10.1. The van der Waals surface area contributed by atoms with Gasteiger partial charge in [0, 0.05) is 11.3 Å². The molecule has 0 saturated carbocycles. The maximum atomic E-state index is 4.23. The Kier molecular flexibility index (Phi) is 2.83. The zero-order valence-electron chi connectivity index (χ0n) is 8.92. The van der Waals surface area contributed by atoms with E-state index in [0.29, 0.717) is 5.37 Å². The summed E-state index contributed by atoms with van der Waals surface area (Å²) in [5.74, 6) is 2.02. The van der Waals surface area contributed by atoms with Crippen LogP contribution < -0.4 is 5.32 Å². The Morgan fingerprint density at radius 2 is 2.21 bits per heavy atom. The molecule has 3 nitrogen and oxygen atoms in total. The van der Waals surface area contributed by atoms with Crippen LogP contribution >= 0.6 is 11.8 Å². The SMILES string of the molecule is Cc1n[nH]c(C)c1C1NCC(C)CS1. The second-order valence-corrected chi connectivity index (χ2v) is 5.21. The van der Waals surface area contributed by atoms with Gasteiger partial charge in [-0.2, -0.15) is 5.10 Å². The fraction of sp³-hybridized carbons (Fsp3) is 0.700. The molecule has 1 aliphatic heterocycles. The molecule has 0 radical (unpaired) electrons. The zero-order chi connectivity index (χ0) is 10.1. The van der Waals surface area contributed by atoms with E-state index in [2.05, 4.69) is 36.3 Å². The molecule has 2 N–H and O–H groups in total. The lowest BCUT2D eigenvalue weighted by Crippen LogP contribution is -2.31. The van der Waals surface area contributed by atoms with Crippen LogP contribution in [0.2, 0.25) is 0 Å². The summed E-state index contributed by atoms with van der Waals surface area (Å²) in [5.41, 5.74) is 3.67. The third-order valence-corrected chi connectivity index (χ3v) is 4.14. The molecule has 1 aromatic rings. The molecular weight excluding hydrogens is 194 g/mol. The maximum Gasteiger partial charge on any atom is 0.0825 e. The molecule has 2 atom stereocenters. The molecule has 1 aromatic heterocycles. The van der Waals surface area contributed by atoms with Gasteiger partial charge in [0.2, 0.25) is 0 Å². The molecule has 0 amide bonds. The average molecular weight is 211 g/mol. The van der Waals surface area contributed by atoms with Gasteiger partial charge in [-0.3, -0.25) is 5.10 Å². The second kappa shape index (κ2) is 3.95. The zero-order valence-corrected chi connectivity index (χ0v) is 9.74. The summed E-state index contributed by atoms with van der Waals surface area (Å²) in [7, 11) is 0. The van der Waals surface area contributed by atoms with Crippen LogP contribution in [-0.4, -0.2) is 22.5 Å². The number of hydrogen-bond donors (Lipinski definition) is 2. The van der Waals surface area contributed by atoms with Crippen molar-refractivity contribution >= 4 is 11.8 Å². The van der Waals surface area contributed by atoms with Gasteiger partial charge in [-0.25, -0.2) is 0 Å². The van der Waals surface area contributed by atoms with E-state index in [1.165, 1.54) is 17.0 Å². The minimum Gasteiger partial charge on any atom is -0.301 e.